The summed E-state index contributed by atoms with van der Waals surface area (Å²) in [5.74, 6) is 0. The van der Waals surface area contributed by atoms with Crippen molar-refractivity contribution >= 4 is 5.69 Å². The summed E-state index contributed by atoms with van der Waals surface area (Å²) in [6.45, 7) is 4.80. The Bertz CT molecular complexity index is 466. The van der Waals surface area contributed by atoms with Crippen LogP contribution in [0.15, 0.2) is 24.3 Å². The minimum absolute atomic E-state index is 0.152. The lowest BCUT2D eigenvalue weighted by atomic mass is 10.1. The number of nitrogens with zero attached hydrogens (tertiary/aromatic N) is 3. The lowest BCUT2D eigenvalue weighted by Gasteiger charge is -2.37. The average molecular weight is 278 g/mol. The van der Waals surface area contributed by atoms with E-state index in [0.717, 1.165) is 31.7 Å². The average Bonchev–Trinajstić information content (AvgIpc) is 2.43. The van der Waals surface area contributed by atoms with Gasteiger partial charge in [0.1, 0.15) is 0 Å². The van der Waals surface area contributed by atoms with E-state index in [9.17, 15) is 10.1 Å². The van der Waals surface area contributed by atoms with E-state index in [0.29, 0.717) is 12.6 Å². The Balaban J connectivity index is 1.83. The Morgan fingerprint density at radius 3 is 2.95 bits per heavy atom. The molecule has 1 atom stereocenters. The van der Waals surface area contributed by atoms with Crippen LogP contribution in [0.3, 0.4) is 0 Å². The van der Waals surface area contributed by atoms with Crippen molar-refractivity contribution in [3.8, 4) is 0 Å². The van der Waals surface area contributed by atoms with Gasteiger partial charge in [-0.15, -0.1) is 0 Å². The van der Waals surface area contributed by atoms with E-state index in [4.69, 9.17) is 0 Å². The molecule has 2 rings (SSSR count). The van der Waals surface area contributed by atoms with E-state index in [2.05, 4.69) is 29.2 Å². The number of nitrogens with one attached hydrogen (secondary N) is 1. The lowest BCUT2D eigenvalue weighted by molar-refractivity contribution is -0.384. The third-order valence-electron chi connectivity index (χ3n) is 3.81. The van der Waals surface area contributed by atoms with Gasteiger partial charge in [-0.1, -0.05) is 12.1 Å². The molecule has 0 amide bonds. The number of piperazine rings is 1. The number of likely N-dealkylation sites (N-methyl/N-ethyl adjacent to an activating group) is 2. The quantitative estimate of drug-likeness (QED) is 0.641. The maximum atomic E-state index is 10.7. The molecule has 1 fully saturated rings. The fourth-order valence-corrected chi connectivity index (χ4v) is 2.48. The second-order valence-corrected chi connectivity index (χ2v) is 5.45. The second-order valence-electron chi connectivity index (χ2n) is 5.45. The minimum atomic E-state index is -0.354. The van der Waals surface area contributed by atoms with Crippen molar-refractivity contribution in [1.29, 1.82) is 0 Å². The zero-order valence-electron chi connectivity index (χ0n) is 12.1. The van der Waals surface area contributed by atoms with Gasteiger partial charge >= 0.3 is 0 Å². The predicted octanol–water partition coefficient (Wildman–Crippen LogP) is 0.930. The number of nitro benzene ring substituents is 1. The van der Waals surface area contributed by atoms with Crippen LogP contribution in [0.2, 0.25) is 0 Å². The van der Waals surface area contributed by atoms with Gasteiger partial charge < -0.3 is 10.2 Å². The molecule has 1 aliphatic rings. The van der Waals surface area contributed by atoms with Crippen molar-refractivity contribution in [2.24, 2.45) is 0 Å². The molecule has 20 heavy (non-hydrogen) atoms. The second kappa shape index (κ2) is 6.78. The van der Waals surface area contributed by atoms with Crippen LogP contribution >= 0.6 is 0 Å². The molecule has 6 nitrogen and oxygen atoms in total. The molecular formula is C14H22N4O2. The highest BCUT2D eigenvalue weighted by Gasteiger charge is 2.21. The van der Waals surface area contributed by atoms with Gasteiger partial charge in [0.2, 0.25) is 0 Å². The smallest absolute Gasteiger partial charge is 0.269 e. The van der Waals surface area contributed by atoms with Gasteiger partial charge in [-0.3, -0.25) is 15.0 Å². The first-order valence-electron chi connectivity index (χ1n) is 6.89. The Morgan fingerprint density at radius 2 is 2.20 bits per heavy atom. The molecule has 1 aromatic carbocycles. The first-order valence-corrected chi connectivity index (χ1v) is 6.89. The molecule has 1 aliphatic heterocycles. The van der Waals surface area contributed by atoms with Crippen LogP contribution in [-0.2, 0) is 6.54 Å². The molecule has 1 heterocycles. The summed E-state index contributed by atoms with van der Waals surface area (Å²) in [5.41, 5.74) is 1.10. The minimum Gasteiger partial charge on any atom is -0.311 e. The highest BCUT2D eigenvalue weighted by atomic mass is 16.6. The van der Waals surface area contributed by atoms with Gasteiger partial charge in [-0.05, 0) is 19.7 Å². The molecular weight excluding hydrogens is 256 g/mol. The third-order valence-corrected chi connectivity index (χ3v) is 3.81. The zero-order chi connectivity index (χ0) is 14.5. The summed E-state index contributed by atoms with van der Waals surface area (Å²) in [6, 6.07) is 7.29. The zero-order valence-corrected chi connectivity index (χ0v) is 12.1. The van der Waals surface area contributed by atoms with Crippen LogP contribution < -0.4 is 5.32 Å². The first kappa shape index (κ1) is 14.9. The van der Waals surface area contributed by atoms with Gasteiger partial charge in [-0.25, -0.2) is 0 Å². The Labute approximate surface area is 119 Å². The molecule has 0 aliphatic carbocycles. The summed E-state index contributed by atoms with van der Waals surface area (Å²) in [7, 11) is 4.28. The molecule has 0 aromatic heterocycles. The fourth-order valence-electron chi connectivity index (χ4n) is 2.48. The maximum absolute atomic E-state index is 10.7. The Hall–Kier alpha value is -1.50. The van der Waals surface area contributed by atoms with E-state index in [1.807, 2.05) is 6.07 Å². The summed E-state index contributed by atoms with van der Waals surface area (Å²) < 4.78 is 0. The topological polar surface area (TPSA) is 61.6 Å². The molecule has 110 valence electrons. The molecule has 6 heteroatoms. The largest absolute Gasteiger partial charge is 0.311 e. The molecule has 1 unspecified atom stereocenters. The Morgan fingerprint density at radius 1 is 1.40 bits per heavy atom. The van der Waals surface area contributed by atoms with Gasteiger partial charge in [0.05, 0.1) is 4.92 Å². The summed E-state index contributed by atoms with van der Waals surface area (Å²) in [5, 5.41) is 14.1. The molecule has 0 bridgehead atoms. The van der Waals surface area contributed by atoms with E-state index in [1.165, 1.54) is 6.07 Å². The van der Waals surface area contributed by atoms with Crippen molar-refractivity contribution in [2.45, 2.75) is 12.6 Å². The SMILES string of the molecule is CN1CCN(C)C(CNCc2cccc([N+](=O)[O-])c2)C1. The molecule has 0 radical (unpaired) electrons. The number of hydrogen-bond acceptors (Lipinski definition) is 5. The van der Waals surface area contributed by atoms with Crippen molar-refractivity contribution in [3.63, 3.8) is 0 Å². The van der Waals surface area contributed by atoms with Gasteiger partial charge in [0, 0.05) is 50.9 Å². The third kappa shape index (κ3) is 4.00. The summed E-state index contributed by atoms with van der Waals surface area (Å²) >= 11 is 0. The van der Waals surface area contributed by atoms with Crippen molar-refractivity contribution in [1.82, 2.24) is 15.1 Å². The van der Waals surface area contributed by atoms with Gasteiger partial charge in [0.25, 0.3) is 5.69 Å². The predicted molar refractivity (Wildman–Crippen MR) is 78.7 cm³/mol. The van der Waals surface area contributed by atoms with Crippen LogP contribution in [0.25, 0.3) is 0 Å². The fraction of sp³-hybridized carbons (Fsp3) is 0.571. The molecule has 1 N–H and O–H groups in total. The van der Waals surface area contributed by atoms with Crippen molar-refractivity contribution in [3.05, 3.63) is 39.9 Å². The van der Waals surface area contributed by atoms with Crippen LogP contribution in [0.1, 0.15) is 5.56 Å². The number of nitro groups is 1. The van der Waals surface area contributed by atoms with Crippen LogP contribution in [0, 0.1) is 10.1 Å². The monoisotopic (exact) mass is 278 g/mol. The molecule has 1 saturated heterocycles. The number of non-ortho nitro benzene ring substituents is 1. The van der Waals surface area contributed by atoms with E-state index >= 15 is 0 Å². The lowest BCUT2D eigenvalue weighted by Crippen LogP contribution is -2.53. The first-order chi connectivity index (χ1) is 9.56. The summed E-state index contributed by atoms with van der Waals surface area (Å²) in [4.78, 5) is 15.1. The van der Waals surface area contributed by atoms with Gasteiger partial charge in [-0.2, -0.15) is 0 Å². The van der Waals surface area contributed by atoms with E-state index in [1.54, 1.807) is 12.1 Å². The van der Waals surface area contributed by atoms with Crippen LogP contribution in [0.4, 0.5) is 5.69 Å². The molecule has 0 saturated carbocycles. The van der Waals surface area contributed by atoms with Gasteiger partial charge in [0.15, 0.2) is 0 Å². The van der Waals surface area contributed by atoms with E-state index in [-0.39, 0.29) is 10.6 Å². The standard InChI is InChI=1S/C14H22N4O2/c1-16-6-7-17(2)14(11-16)10-15-9-12-4-3-5-13(8-12)18(19)20/h3-5,8,14-15H,6-7,9-11H2,1-2H3. The normalized spacial score (nSPS) is 21.0. The van der Waals surface area contributed by atoms with Crippen molar-refractivity contribution < 1.29 is 4.92 Å². The number of hydrogen-bond donors (Lipinski definition) is 1. The molecule has 1 aromatic rings. The van der Waals surface area contributed by atoms with E-state index < -0.39 is 0 Å². The molecule has 0 spiro atoms. The number of benzene rings is 1. The number of rotatable bonds is 5. The van der Waals surface area contributed by atoms with Crippen LogP contribution in [-0.4, -0.2) is 61.0 Å². The Kier molecular flexibility index (Phi) is 5.05. The van der Waals surface area contributed by atoms with Crippen molar-refractivity contribution in [2.75, 3.05) is 40.3 Å². The summed E-state index contributed by atoms with van der Waals surface area (Å²) in [6.07, 6.45) is 0. The van der Waals surface area contributed by atoms with Crippen LogP contribution in [0.5, 0.6) is 0 Å². The highest BCUT2D eigenvalue weighted by Crippen LogP contribution is 2.13. The maximum Gasteiger partial charge on any atom is 0.269 e. The highest BCUT2D eigenvalue weighted by molar-refractivity contribution is 5.34.